The van der Waals surface area contributed by atoms with Crippen LogP contribution in [0.4, 0.5) is 0 Å². The maximum atomic E-state index is 11.9. The van der Waals surface area contributed by atoms with Gasteiger partial charge < -0.3 is 15.2 Å². The van der Waals surface area contributed by atoms with E-state index in [2.05, 4.69) is 12.2 Å². The molecule has 0 radical (unpaired) electrons. The second-order valence-electron chi connectivity index (χ2n) is 5.17. The molecule has 2 unspecified atom stereocenters. The van der Waals surface area contributed by atoms with Crippen LogP contribution in [0.5, 0.6) is 5.75 Å². The molecule has 0 bridgehead atoms. The van der Waals surface area contributed by atoms with E-state index in [9.17, 15) is 4.79 Å². The van der Waals surface area contributed by atoms with Gasteiger partial charge in [-0.05, 0) is 36.0 Å². The molecule has 4 nitrogen and oxygen atoms in total. The Hall–Kier alpha value is -1.55. The molecule has 0 aliphatic heterocycles. The Bertz CT molecular complexity index is 403. The van der Waals surface area contributed by atoms with Gasteiger partial charge in [0.1, 0.15) is 5.75 Å². The molecule has 0 heterocycles. The Kier molecular flexibility index (Phi) is 7.09. The highest BCUT2D eigenvalue weighted by molar-refractivity contribution is 5.76. The SMILES string of the molecule is CCC(CC(=O)NCC(C)CO)c1ccc(OC)cc1. The number of aliphatic hydroxyl groups is 1. The number of aliphatic hydroxyl groups excluding tert-OH is 1. The van der Waals surface area contributed by atoms with Crippen molar-refractivity contribution in [2.24, 2.45) is 5.92 Å². The predicted octanol–water partition coefficient (Wildman–Crippen LogP) is 2.32. The summed E-state index contributed by atoms with van der Waals surface area (Å²) in [7, 11) is 1.64. The van der Waals surface area contributed by atoms with E-state index in [1.165, 1.54) is 0 Å². The Morgan fingerprint density at radius 3 is 2.50 bits per heavy atom. The number of benzene rings is 1. The number of carbonyl (C=O) groups excluding carboxylic acids is 1. The minimum Gasteiger partial charge on any atom is -0.497 e. The summed E-state index contributed by atoms with van der Waals surface area (Å²) < 4.78 is 5.14. The highest BCUT2D eigenvalue weighted by Crippen LogP contribution is 2.25. The molecule has 1 aromatic rings. The van der Waals surface area contributed by atoms with Gasteiger partial charge in [0.15, 0.2) is 0 Å². The van der Waals surface area contributed by atoms with Crippen LogP contribution < -0.4 is 10.1 Å². The van der Waals surface area contributed by atoms with Crippen molar-refractivity contribution in [3.63, 3.8) is 0 Å². The number of ether oxygens (including phenoxy) is 1. The van der Waals surface area contributed by atoms with Crippen molar-refractivity contribution in [1.29, 1.82) is 0 Å². The number of methoxy groups -OCH3 is 1. The number of nitrogens with one attached hydrogen (secondary N) is 1. The van der Waals surface area contributed by atoms with E-state index in [0.717, 1.165) is 17.7 Å². The average Bonchev–Trinajstić information content (AvgIpc) is 2.50. The minimum atomic E-state index is 0.0352. The molecule has 112 valence electrons. The summed E-state index contributed by atoms with van der Waals surface area (Å²) in [6.45, 7) is 4.60. The Morgan fingerprint density at radius 1 is 1.35 bits per heavy atom. The maximum Gasteiger partial charge on any atom is 0.220 e. The lowest BCUT2D eigenvalue weighted by Gasteiger charge is -2.16. The van der Waals surface area contributed by atoms with Crippen molar-refractivity contribution in [3.8, 4) is 5.75 Å². The van der Waals surface area contributed by atoms with Crippen LogP contribution in [0.3, 0.4) is 0 Å². The molecule has 2 atom stereocenters. The number of hydrogen-bond donors (Lipinski definition) is 2. The molecule has 0 aliphatic rings. The van der Waals surface area contributed by atoms with E-state index in [4.69, 9.17) is 9.84 Å². The lowest BCUT2D eigenvalue weighted by Crippen LogP contribution is -2.30. The van der Waals surface area contributed by atoms with E-state index < -0.39 is 0 Å². The van der Waals surface area contributed by atoms with Crippen molar-refractivity contribution < 1.29 is 14.6 Å². The molecular weight excluding hydrogens is 254 g/mol. The lowest BCUT2D eigenvalue weighted by molar-refractivity contribution is -0.121. The molecule has 4 heteroatoms. The van der Waals surface area contributed by atoms with Gasteiger partial charge in [-0.15, -0.1) is 0 Å². The largest absolute Gasteiger partial charge is 0.497 e. The Labute approximate surface area is 121 Å². The van der Waals surface area contributed by atoms with Crippen molar-refractivity contribution in [2.45, 2.75) is 32.6 Å². The monoisotopic (exact) mass is 279 g/mol. The van der Waals surface area contributed by atoms with Gasteiger partial charge >= 0.3 is 0 Å². The molecule has 0 saturated heterocycles. The highest BCUT2D eigenvalue weighted by atomic mass is 16.5. The van der Waals surface area contributed by atoms with Crippen molar-refractivity contribution in [2.75, 3.05) is 20.3 Å². The molecule has 20 heavy (non-hydrogen) atoms. The van der Waals surface area contributed by atoms with Crippen LogP contribution in [0.25, 0.3) is 0 Å². The Balaban J connectivity index is 2.55. The molecular formula is C16H25NO3. The smallest absolute Gasteiger partial charge is 0.220 e. The fourth-order valence-electron chi connectivity index (χ4n) is 2.02. The number of amides is 1. The minimum absolute atomic E-state index is 0.0352. The summed E-state index contributed by atoms with van der Waals surface area (Å²) in [5.74, 6) is 1.17. The van der Waals surface area contributed by atoms with Gasteiger partial charge in [-0.25, -0.2) is 0 Å². The molecule has 1 amide bonds. The third-order valence-corrected chi connectivity index (χ3v) is 3.47. The zero-order chi connectivity index (χ0) is 15.0. The molecule has 0 aromatic heterocycles. The lowest BCUT2D eigenvalue weighted by atomic mass is 9.93. The summed E-state index contributed by atoms with van der Waals surface area (Å²) in [5.41, 5.74) is 1.15. The second kappa shape index (κ2) is 8.59. The van der Waals surface area contributed by atoms with Crippen molar-refractivity contribution in [1.82, 2.24) is 5.32 Å². The first-order valence-electron chi connectivity index (χ1n) is 7.12. The van der Waals surface area contributed by atoms with E-state index >= 15 is 0 Å². The predicted molar refractivity (Wildman–Crippen MR) is 79.9 cm³/mol. The summed E-state index contributed by atoms with van der Waals surface area (Å²) in [6.07, 6.45) is 1.39. The third-order valence-electron chi connectivity index (χ3n) is 3.47. The summed E-state index contributed by atoms with van der Waals surface area (Å²) in [4.78, 5) is 11.9. The molecule has 1 rings (SSSR count). The molecule has 0 saturated carbocycles. The van der Waals surface area contributed by atoms with Gasteiger partial charge in [0.2, 0.25) is 5.91 Å². The maximum absolute atomic E-state index is 11.9. The van der Waals surface area contributed by atoms with Crippen molar-refractivity contribution >= 4 is 5.91 Å². The van der Waals surface area contributed by atoms with Crippen LogP contribution in [0.15, 0.2) is 24.3 Å². The van der Waals surface area contributed by atoms with Crippen LogP contribution in [-0.4, -0.2) is 31.3 Å². The first-order valence-corrected chi connectivity index (χ1v) is 7.12. The molecule has 0 spiro atoms. The summed E-state index contributed by atoms with van der Waals surface area (Å²) >= 11 is 0. The van der Waals surface area contributed by atoms with Gasteiger partial charge in [0.25, 0.3) is 0 Å². The number of carbonyl (C=O) groups is 1. The van der Waals surface area contributed by atoms with Crippen LogP contribution in [0.1, 0.15) is 38.2 Å². The molecule has 2 N–H and O–H groups in total. The molecule has 0 aliphatic carbocycles. The van der Waals surface area contributed by atoms with E-state index in [1.54, 1.807) is 7.11 Å². The zero-order valence-corrected chi connectivity index (χ0v) is 12.6. The van der Waals surface area contributed by atoms with Gasteiger partial charge in [0, 0.05) is 19.6 Å². The molecule has 0 fully saturated rings. The van der Waals surface area contributed by atoms with E-state index in [0.29, 0.717) is 13.0 Å². The highest BCUT2D eigenvalue weighted by Gasteiger charge is 2.14. The third kappa shape index (κ3) is 5.21. The van der Waals surface area contributed by atoms with Gasteiger partial charge in [-0.1, -0.05) is 26.0 Å². The van der Waals surface area contributed by atoms with Gasteiger partial charge in [-0.2, -0.15) is 0 Å². The number of rotatable bonds is 8. The van der Waals surface area contributed by atoms with Gasteiger partial charge in [0.05, 0.1) is 7.11 Å². The van der Waals surface area contributed by atoms with Crippen molar-refractivity contribution in [3.05, 3.63) is 29.8 Å². The average molecular weight is 279 g/mol. The van der Waals surface area contributed by atoms with E-state index in [-0.39, 0.29) is 24.3 Å². The fraction of sp³-hybridized carbons (Fsp3) is 0.562. The van der Waals surface area contributed by atoms with Crippen LogP contribution in [-0.2, 0) is 4.79 Å². The topological polar surface area (TPSA) is 58.6 Å². The van der Waals surface area contributed by atoms with Crippen LogP contribution >= 0.6 is 0 Å². The van der Waals surface area contributed by atoms with Crippen LogP contribution in [0.2, 0.25) is 0 Å². The first-order chi connectivity index (χ1) is 9.60. The van der Waals surface area contributed by atoms with Crippen LogP contribution in [0, 0.1) is 5.92 Å². The molecule has 1 aromatic carbocycles. The second-order valence-corrected chi connectivity index (χ2v) is 5.17. The fourth-order valence-corrected chi connectivity index (χ4v) is 2.02. The normalized spacial score (nSPS) is 13.6. The summed E-state index contributed by atoms with van der Waals surface area (Å²) in [5, 5.41) is 11.8. The van der Waals surface area contributed by atoms with Gasteiger partial charge in [-0.3, -0.25) is 4.79 Å². The Morgan fingerprint density at radius 2 is 2.00 bits per heavy atom. The zero-order valence-electron chi connectivity index (χ0n) is 12.6. The standard InChI is InChI=1S/C16H25NO3/c1-4-13(9-16(19)17-10-12(2)11-18)14-5-7-15(20-3)8-6-14/h5-8,12-13,18H,4,9-11H2,1-3H3,(H,17,19). The first kappa shape index (κ1) is 16.5. The number of hydrogen-bond acceptors (Lipinski definition) is 3. The quantitative estimate of drug-likeness (QED) is 0.768. The van der Waals surface area contributed by atoms with E-state index in [1.807, 2.05) is 31.2 Å². The summed E-state index contributed by atoms with van der Waals surface area (Å²) in [6, 6.07) is 7.86.